The molecule has 0 N–H and O–H groups in total. The molecule has 0 unspecified atom stereocenters. The molecular weight excluding hydrogens is 300 g/mol. The van der Waals surface area contributed by atoms with Crippen LogP contribution < -0.4 is 4.74 Å². The summed E-state index contributed by atoms with van der Waals surface area (Å²) in [5, 5.41) is -0.210. The molecule has 22 heavy (non-hydrogen) atoms. The van der Waals surface area contributed by atoms with E-state index in [1.165, 1.54) is 0 Å². The van der Waals surface area contributed by atoms with E-state index in [1.807, 2.05) is 31.2 Å². The Bertz CT molecular complexity index is 562. The zero-order chi connectivity index (χ0) is 16.3. The number of carbonyl (C=O) groups excluding carboxylic acids is 2. The van der Waals surface area contributed by atoms with Gasteiger partial charge in [0, 0.05) is 32.6 Å². The van der Waals surface area contributed by atoms with Gasteiger partial charge in [-0.15, -0.1) is 11.8 Å². The van der Waals surface area contributed by atoms with Crippen molar-refractivity contribution < 1.29 is 14.3 Å². The molecule has 1 fully saturated rings. The van der Waals surface area contributed by atoms with E-state index >= 15 is 0 Å². The maximum atomic E-state index is 12.4. The molecule has 1 aromatic rings. The van der Waals surface area contributed by atoms with Gasteiger partial charge in [0.2, 0.25) is 11.8 Å². The van der Waals surface area contributed by atoms with Gasteiger partial charge >= 0.3 is 0 Å². The molecule has 1 heterocycles. The Hall–Kier alpha value is -1.69. The molecule has 120 valence electrons. The first-order valence-corrected chi connectivity index (χ1v) is 8.19. The molecule has 1 aromatic carbocycles. The Labute approximate surface area is 135 Å². The lowest BCUT2D eigenvalue weighted by Crippen LogP contribution is -2.34. The topological polar surface area (TPSA) is 49.9 Å². The number of ether oxygens (including phenoxy) is 1. The second kappa shape index (κ2) is 7.05. The fourth-order valence-corrected chi connectivity index (χ4v) is 3.79. The Morgan fingerprint density at radius 3 is 2.68 bits per heavy atom. The van der Waals surface area contributed by atoms with E-state index in [1.54, 1.807) is 42.8 Å². The van der Waals surface area contributed by atoms with Crippen molar-refractivity contribution in [3.63, 3.8) is 0 Å². The van der Waals surface area contributed by atoms with Crippen molar-refractivity contribution in [2.45, 2.75) is 24.0 Å². The van der Waals surface area contributed by atoms with E-state index in [-0.39, 0.29) is 22.4 Å². The van der Waals surface area contributed by atoms with Crippen molar-refractivity contribution in [3.05, 3.63) is 29.8 Å². The Kier molecular flexibility index (Phi) is 5.34. The second-order valence-electron chi connectivity index (χ2n) is 5.44. The average Bonchev–Trinajstić information content (AvgIpc) is 2.80. The van der Waals surface area contributed by atoms with E-state index < -0.39 is 0 Å². The molecule has 2 rings (SSSR count). The van der Waals surface area contributed by atoms with Crippen LogP contribution in [0, 0.1) is 0 Å². The van der Waals surface area contributed by atoms with Crippen LogP contribution in [0.2, 0.25) is 0 Å². The predicted molar refractivity (Wildman–Crippen MR) is 87.8 cm³/mol. The smallest absolute Gasteiger partial charge is 0.236 e. The fraction of sp³-hybridized carbons (Fsp3) is 0.500. The van der Waals surface area contributed by atoms with Crippen molar-refractivity contribution in [2.24, 2.45) is 0 Å². The molecule has 0 bridgehead atoms. The number of methoxy groups -OCH3 is 1. The quantitative estimate of drug-likeness (QED) is 0.833. The maximum Gasteiger partial charge on any atom is 0.236 e. The Balaban J connectivity index is 2.21. The zero-order valence-corrected chi connectivity index (χ0v) is 14.2. The van der Waals surface area contributed by atoms with Gasteiger partial charge < -0.3 is 14.5 Å². The standard InChI is InChI=1S/C16H22N2O3S/c1-11-15(20)18(10-9-14(19)17(2)3)16(22-11)12-7-5-6-8-13(12)21-4/h5-8,11,16H,9-10H2,1-4H3/t11-,16+/m0/s1. The van der Waals surface area contributed by atoms with Gasteiger partial charge in [-0.05, 0) is 13.0 Å². The normalized spacial score (nSPS) is 21.1. The summed E-state index contributed by atoms with van der Waals surface area (Å²) >= 11 is 1.60. The number of carbonyl (C=O) groups is 2. The van der Waals surface area contributed by atoms with E-state index in [9.17, 15) is 9.59 Å². The third kappa shape index (κ3) is 3.38. The van der Waals surface area contributed by atoms with Gasteiger partial charge in [-0.25, -0.2) is 0 Å². The summed E-state index contributed by atoms with van der Waals surface area (Å²) < 4.78 is 5.41. The maximum absolute atomic E-state index is 12.4. The van der Waals surface area contributed by atoms with Crippen LogP contribution in [0.4, 0.5) is 0 Å². The van der Waals surface area contributed by atoms with E-state index in [0.717, 1.165) is 11.3 Å². The number of hydrogen-bond acceptors (Lipinski definition) is 4. The Morgan fingerprint density at radius 2 is 2.05 bits per heavy atom. The molecule has 2 amide bonds. The van der Waals surface area contributed by atoms with E-state index in [2.05, 4.69) is 0 Å². The van der Waals surface area contributed by atoms with E-state index in [4.69, 9.17) is 4.74 Å². The number of nitrogens with zero attached hydrogens (tertiary/aromatic N) is 2. The van der Waals surface area contributed by atoms with Crippen LogP contribution in [-0.4, -0.2) is 54.6 Å². The number of para-hydroxylation sites is 1. The molecule has 0 spiro atoms. The highest BCUT2D eigenvalue weighted by molar-refractivity contribution is 8.01. The monoisotopic (exact) mass is 322 g/mol. The van der Waals surface area contributed by atoms with Gasteiger partial charge in [0.25, 0.3) is 0 Å². The molecule has 1 aliphatic heterocycles. The van der Waals surface area contributed by atoms with Crippen LogP contribution in [-0.2, 0) is 9.59 Å². The summed E-state index contributed by atoms with van der Waals surface area (Å²) in [6, 6.07) is 7.72. The molecule has 0 aliphatic carbocycles. The van der Waals surface area contributed by atoms with Crippen molar-refractivity contribution in [2.75, 3.05) is 27.7 Å². The molecule has 0 saturated carbocycles. The van der Waals surface area contributed by atoms with Crippen molar-refractivity contribution >= 4 is 23.6 Å². The highest BCUT2D eigenvalue weighted by atomic mass is 32.2. The number of hydrogen-bond donors (Lipinski definition) is 0. The summed E-state index contributed by atoms with van der Waals surface area (Å²) in [5.41, 5.74) is 0.977. The lowest BCUT2D eigenvalue weighted by Gasteiger charge is -2.25. The van der Waals surface area contributed by atoms with Crippen LogP contribution in [0.1, 0.15) is 24.3 Å². The van der Waals surface area contributed by atoms with Gasteiger partial charge in [-0.3, -0.25) is 9.59 Å². The van der Waals surface area contributed by atoms with Gasteiger partial charge in [0.1, 0.15) is 11.1 Å². The van der Waals surface area contributed by atoms with E-state index in [0.29, 0.717) is 13.0 Å². The summed E-state index contributed by atoms with van der Waals surface area (Å²) in [7, 11) is 5.08. The summed E-state index contributed by atoms with van der Waals surface area (Å²) in [4.78, 5) is 27.6. The van der Waals surface area contributed by atoms with Crippen LogP contribution in [0.25, 0.3) is 0 Å². The average molecular weight is 322 g/mol. The number of rotatable bonds is 5. The molecule has 6 heteroatoms. The third-order valence-corrected chi connectivity index (χ3v) is 5.09. The molecule has 2 atom stereocenters. The number of benzene rings is 1. The zero-order valence-electron chi connectivity index (χ0n) is 13.4. The van der Waals surface area contributed by atoms with Crippen LogP contribution in [0.5, 0.6) is 5.75 Å². The molecule has 0 aromatic heterocycles. The van der Waals surface area contributed by atoms with Crippen LogP contribution in [0.15, 0.2) is 24.3 Å². The minimum absolute atomic E-state index is 0.0242. The van der Waals surface area contributed by atoms with Gasteiger partial charge in [0.15, 0.2) is 0 Å². The minimum Gasteiger partial charge on any atom is -0.496 e. The highest BCUT2D eigenvalue weighted by Crippen LogP contribution is 2.45. The minimum atomic E-state index is -0.107. The Morgan fingerprint density at radius 1 is 1.36 bits per heavy atom. The first-order chi connectivity index (χ1) is 10.5. The lowest BCUT2D eigenvalue weighted by atomic mass is 10.1. The summed E-state index contributed by atoms with van der Waals surface area (Å²) in [6.45, 7) is 2.33. The second-order valence-corrected chi connectivity index (χ2v) is 6.87. The number of thioether (sulfide) groups is 1. The third-order valence-electron chi connectivity index (χ3n) is 3.72. The molecule has 1 aliphatic rings. The predicted octanol–water partition coefficient (Wildman–Crippen LogP) is 2.14. The van der Waals surface area contributed by atoms with Gasteiger partial charge in [-0.1, -0.05) is 18.2 Å². The lowest BCUT2D eigenvalue weighted by molar-refractivity contribution is -0.132. The number of amides is 2. The van der Waals surface area contributed by atoms with Gasteiger partial charge in [0.05, 0.1) is 12.4 Å². The summed E-state index contributed by atoms with van der Waals surface area (Å²) in [6.07, 6.45) is 0.331. The largest absolute Gasteiger partial charge is 0.496 e. The van der Waals surface area contributed by atoms with Crippen LogP contribution in [0.3, 0.4) is 0 Å². The van der Waals surface area contributed by atoms with Crippen molar-refractivity contribution in [3.8, 4) is 5.75 Å². The van der Waals surface area contributed by atoms with Gasteiger partial charge in [-0.2, -0.15) is 0 Å². The molecular formula is C16H22N2O3S. The van der Waals surface area contributed by atoms with Crippen molar-refractivity contribution in [1.82, 2.24) is 9.80 Å². The molecule has 1 saturated heterocycles. The summed E-state index contributed by atoms with van der Waals surface area (Å²) in [5.74, 6) is 0.870. The molecule has 0 radical (unpaired) electrons. The fourth-order valence-electron chi connectivity index (χ4n) is 2.45. The molecule has 5 nitrogen and oxygen atoms in total. The highest BCUT2D eigenvalue weighted by Gasteiger charge is 2.39. The van der Waals surface area contributed by atoms with Crippen molar-refractivity contribution in [1.29, 1.82) is 0 Å². The first kappa shape index (κ1) is 16.7. The van der Waals surface area contributed by atoms with Crippen LogP contribution >= 0.6 is 11.8 Å². The first-order valence-electron chi connectivity index (χ1n) is 7.24. The SMILES string of the molecule is COc1ccccc1[C@H]1S[C@@H](C)C(=O)N1CCC(=O)N(C)C.